The molecule has 0 bridgehead atoms. The van der Waals surface area contributed by atoms with Gasteiger partial charge in [-0.2, -0.15) is 0 Å². The average molecular weight is 466 g/mol. The molecule has 0 N–H and O–H groups in total. The number of nitrogens with zero attached hydrogens (tertiary/aromatic N) is 1. The summed E-state index contributed by atoms with van der Waals surface area (Å²) in [7, 11) is -3.28. The average Bonchev–Trinajstić information content (AvgIpc) is 2.73. The number of hydrogen-bond acceptors (Lipinski definition) is 6. The van der Waals surface area contributed by atoms with Gasteiger partial charge in [-0.3, -0.25) is 4.79 Å². The van der Waals surface area contributed by atoms with E-state index in [2.05, 4.69) is 12.1 Å². The molecule has 162 valence electrons. The van der Waals surface area contributed by atoms with Crippen molar-refractivity contribution in [2.75, 3.05) is 29.3 Å². The number of amides is 1. The highest BCUT2D eigenvalue weighted by Gasteiger charge is 2.21. The van der Waals surface area contributed by atoms with E-state index < -0.39 is 9.84 Å². The molecule has 5 nitrogen and oxygen atoms in total. The summed E-state index contributed by atoms with van der Waals surface area (Å²) in [5, 5.41) is 0. The molecule has 1 aliphatic rings. The Balaban J connectivity index is 1.64. The number of thioether (sulfide) groups is 2. The predicted molar refractivity (Wildman–Crippen MR) is 126 cm³/mol. The maximum atomic E-state index is 12.8. The van der Waals surface area contributed by atoms with Gasteiger partial charge in [0.2, 0.25) is 0 Å². The normalized spacial score (nSPS) is 15.2. The van der Waals surface area contributed by atoms with Gasteiger partial charge in [0.1, 0.15) is 5.75 Å². The molecule has 1 saturated heterocycles. The van der Waals surface area contributed by atoms with Crippen molar-refractivity contribution in [2.45, 2.75) is 35.8 Å². The second kappa shape index (κ2) is 10.1. The van der Waals surface area contributed by atoms with Crippen LogP contribution in [0.3, 0.4) is 0 Å². The first-order valence-electron chi connectivity index (χ1n) is 9.84. The van der Waals surface area contributed by atoms with Gasteiger partial charge in [-0.15, -0.1) is 23.5 Å². The highest BCUT2D eigenvalue weighted by atomic mass is 32.2. The molecule has 30 heavy (non-hydrogen) atoms. The number of carbonyl (C=O) groups is 1. The van der Waals surface area contributed by atoms with E-state index >= 15 is 0 Å². The minimum absolute atomic E-state index is 0.0850. The maximum Gasteiger partial charge on any atom is 0.265 e. The van der Waals surface area contributed by atoms with Crippen LogP contribution in [-0.4, -0.2) is 44.7 Å². The van der Waals surface area contributed by atoms with E-state index in [4.69, 9.17) is 4.74 Å². The lowest BCUT2D eigenvalue weighted by atomic mass is 10.2. The summed E-state index contributed by atoms with van der Waals surface area (Å²) in [5.41, 5.74) is 1.92. The zero-order valence-corrected chi connectivity index (χ0v) is 19.9. The third kappa shape index (κ3) is 5.95. The lowest BCUT2D eigenvalue weighted by Gasteiger charge is -2.27. The minimum atomic E-state index is -3.28. The summed E-state index contributed by atoms with van der Waals surface area (Å²) >= 11 is 3.94. The Kier molecular flexibility index (Phi) is 7.76. The molecule has 1 aliphatic heterocycles. The molecular formula is C22H27NO4S3. The second-order valence-corrected chi connectivity index (χ2v) is 12.1. The summed E-state index contributed by atoms with van der Waals surface area (Å²) in [6, 6.07) is 14.2. The highest BCUT2D eigenvalue weighted by molar-refractivity contribution is 8.16. The second-order valence-electron chi connectivity index (χ2n) is 7.41. The van der Waals surface area contributed by atoms with E-state index in [0.717, 1.165) is 6.26 Å². The number of sulfone groups is 1. The van der Waals surface area contributed by atoms with Gasteiger partial charge < -0.3 is 9.64 Å². The molecule has 0 spiro atoms. The van der Waals surface area contributed by atoms with Crippen LogP contribution < -0.4 is 9.64 Å². The lowest BCUT2D eigenvalue weighted by Crippen LogP contribution is -2.40. The zero-order chi connectivity index (χ0) is 21.7. The van der Waals surface area contributed by atoms with E-state index in [0.29, 0.717) is 16.0 Å². The van der Waals surface area contributed by atoms with Crippen LogP contribution in [0.2, 0.25) is 0 Å². The van der Waals surface area contributed by atoms with Gasteiger partial charge in [0, 0.05) is 18.0 Å². The van der Waals surface area contributed by atoms with Gasteiger partial charge in [-0.05, 0) is 73.7 Å². The van der Waals surface area contributed by atoms with Gasteiger partial charge in [0.05, 0.1) is 9.48 Å². The fourth-order valence-corrected chi connectivity index (χ4v) is 6.72. The van der Waals surface area contributed by atoms with E-state index in [9.17, 15) is 13.2 Å². The zero-order valence-electron chi connectivity index (χ0n) is 17.4. The third-order valence-electron chi connectivity index (χ3n) is 4.67. The van der Waals surface area contributed by atoms with Gasteiger partial charge in [0.15, 0.2) is 16.4 Å². The van der Waals surface area contributed by atoms with Crippen molar-refractivity contribution in [1.29, 1.82) is 0 Å². The van der Waals surface area contributed by atoms with Crippen LogP contribution in [-0.2, 0) is 14.6 Å². The minimum Gasteiger partial charge on any atom is -0.484 e. The van der Waals surface area contributed by atoms with E-state index in [1.165, 1.54) is 35.6 Å². The molecule has 0 atom stereocenters. The number of rotatable bonds is 7. The number of anilines is 1. The first-order chi connectivity index (χ1) is 14.3. The molecule has 1 fully saturated rings. The SMILES string of the molecule is CC(C)N(C(=O)COc1ccc(C2SCCCS2)cc1)c1ccc(S(C)(=O)=O)cc1. The summed E-state index contributed by atoms with van der Waals surface area (Å²) in [5.74, 6) is 2.87. The molecule has 0 aromatic heterocycles. The number of hydrogen-bond donors (Lipinski definition) is 0. The standard InChI is InChI=1S/C22H27NO4S3/c1-16(2)23(18-7-11-20(12-8-18)30(3,25)26)21(24)15-27-19-9-5-17(6-10-19)22-28-13-4-14-29-22/h5-12,16,22H,4,13-15H2,1-3H3. The summed E-state index contributed by atoms with van der Waals surface area (Å²) in [4.78, 5) is 14.7. The van der Waals surface area contributed by atoms with Crippen LogP contribution in [0.25, 0.3) is 0 Å². The fraction of sp³-hybridized carbons (Fsp3) is 0.409. The van der Waals surface area contributed by atoms with Crippen molar-refractivity contribution < 1.29 is 17.9 Å². The Bertz CT molecular complexity index is 951. The van der Waals surface area contributed by atoms with Crippen molar-refractivity contribution in [2.24, 2.45) is 0 Å². The number of carbonyl (C=O) groups excluding carboxylic acids is 1. The van der Waals surface area contributed by atoms with Gasteiger partial charge in [-0.25, -0.2) is 8.42 Å². The molecule has 8 heteroatoms. The smallest absolute Gasteiger partial charge is 0.265 e. The summed E-state index contributed by atoms with van der Waals surface area (Å²) < 4.78 is 29.5. The Morgan fingerprint density at radius 1 is 1.07 bits per heavy atom. The molecule has 0 saturated carbocycles. The van der Waals surface area contributed by atoms with Crippen molar-refractivity contribution in [1.82, 2.24) is 0 Å². The Morgan fingerprint density at radius 2 is 1.67 bits per heavy atom. The van der Waals surface area contributed by atoms with Crippen LogP contribution in [0.15, 0.2) is 53.4 Å². The predicted octanol–water partition coefficient (Wildman–Crippen LogP) is 4.78. The third-order valence-corrected chi connectivity index (χ3v) is 8.81. The maximum absolute atomic E-state index is 12.8. The molecule has 1 amide bonds. The Hall–Kier alpha value is -1.64. The first-order valence-corrected chi connectivity index (χ1v) is 13.8. The summed E-state index contributed by atoms with van der Waals surface area (Å²) in [6.07, 6.45) is 2.43. The largest absolute Gasteiger partial charge is 0.484 e. The van der Waals surface area contributed by atoms with Gasteiger partial charge in [-0.1, -0.05) is 12.1 Å². The fourth-order valence-electron chi connectivity index (χ4n) is 3.20. The van der Waals surface area contributed by atoms with E-state index in [1.54, 1.807) is 17.0 Å². The molecular weight excluding hydrogens is 438 g/mol. The van der Waals surface area contributed by atoms with E-state index in [1.807, 2.05) is 49.5 Å². The summed E-state index contributed by atoms with van der Waals surface area (Å²) in [6.45, 7) is 3.74. The topological polar surface area (TPSA) is 63.7 Å². The van der Waals surface area contributed by atoms with Crippen molar-refractivity contribution in [3.63, 3.8) is 0 Å². The van der Waals surface area contributed by atoms with Crippen molar-refractivity contribution >= 4 is 45.0 Å². The first kappa shape index (κ1) is 23.0. The molecule has 1 heterocycles. The van der Waals surface area contributed by atoms with Crippen molar-refractivity contribution in [3.8, 4) is 5.75 Å². The van der Waals surface area contributed by atoms with Gasteiger partial charge in [0.25, 0.3) is 5.91 Å². The molecule has 0 aliphatic carbocycles. The molecule has 0 unspecified atom stereocenters. The molecule has 2 aromatic rings. The van der Waals surface area contributed by atoms with Crippen LogP contribution in [0, 0.1) is 0 Å². The number of ether oxygens (including phenoxy) is 1. The highest BCUT2D eigenvalue weighted by Crippen LogP contribution is 2.43. The van der Waals surface area contributed by atoms with Crippen LogP contribution >= 0.6 is 23.5 Å². The molecule has 2 aromatic carbocycles. The Labute approximate surface area is 187 Å². The van der Waals surface area contributed by atoms with E-state index in [-0.39, 0.29) is 23.5 Å². The van der Waals surface area contributed by atoms with Crippen LogP contribution in [0.1, 0.15) is 30.4 Å². The Morgan fingerprint density at radius 3 is 2.20 bits per heavy atom. The molecule has 3 rings (SSSR count). The monoisotopic (exact) mass is 465 g/mol. The van der Waals surface area contributed by atoms with Crippen LogP contribution in [0.4, 0.5) is 5.69 Å². The quantitative estimate of drug-likeness (QED) is 0.586. The van der Waals surface area contributed by atoms with Gasteiger partial charge >= 0.3 is 0 Å². The lowest BCUT2D eigenvalue weighted by molar-refractivity contribution is -0.120. The van der Waals surface area contributed by atoms with Crippen molar-refractivity contribution in [3.05, 3.63) is 54.1 Å². The number of benzene rings is 2. The van der Waals surface area contributed by atoms with Crippen LogP contribution in [0.5, 0.6) is 5.75 Å². The molecule has 0 radical (unpaired) electrons.